The molecule has 3 aromatic carbocycles. The Bertz CT molecular complexity index is 1580. The Morgan fingerprint density at radius 3 is 2.53 bits per heavy atom. The highest BCUT2D eigenvalue weighted by atomic mass is 16.6. The molecular weight excluding hydrogens is 406 g/mol. The predicted octanol–water partition coefficient (Wildman–Crippen LogP) is 5.91. The minimum atomic E-state index is -0.451. The molecule has 0 aliphatic rings. The average Bonchev–Trinajstić information content (AvgIpc) is 3.18. The fourth-order valence-electron chi connectivity index (χ4n) is 4.03. The number of nitrogens with one attached hydrogen (secondary N) is 1. The van der Waals surface area contributed by atoms with E-state index >= 15 is 0 Å². The normalized spacial score (nSPS) is 11.2. The molecule has 0 fully saturated rings. The first-order chi connectivity index (χ1) is 15.5. The fraction of sp³-hybridized carbons (Fsp3) is 0.0800. The Morgan fingerprint density at radius 1 is 1.00 bits per heavy atom. The number of aryl methyl sites for hydroxylation is 2. The van der Waals surface area contributed by atoms with E-state index in [2.05, 4.69) is 5.32 Å². The molecule has 0 amide bonds. The molecule has 0 atom stereocenters. The Morgan fingerprint density at radius 2 is 1.75 bits per heavy atom. The van der Waals surface area contributed by atoms with Gasteiger partial charge in [0.25, 0.3) is 11.2 Å². The van der Waals surface area contributed by atoms with E-state index in [9.17, 15) is 14.9 Å². The number of pyridine rings is 1. The van der Waals surface area contributed by atoms with E-state index in [0.29, 0.717) is 28.0 Å². The quantitative estimate of drug-likeness (QED) is 0.285. The summed E-state index contributed by atoms with van der Waals surface area (Å²) in [6.07, 6.45) is 0. The summed E-state index contributed by atoms with van der Waals surface area (Å²) in [4.78, 5) is 24.4. The molecule has 0 radical (unpaired) electrons. The van der Waals surface area contributed by atoms with Crippen molar-refractivity contribution < 1.29 is 9.34 Å². The van der Waals surface area contributed by atoms with Gasteiger partial charge in [0.15, 0.2) is 5.58 Å². The minimum absolute atomic E-state index is 0.0590. The van der Waals surface area contributed by atoms with Gasteiger partial charge in [-0.05, 0) is 36.2 Å². The third kappa shape index (κ3) is 3.02. The third-order valence-corrected chi connectivity index (χ3v) is 5.68. The molecule has 2 heterocycles. The number of nitro benzene ring substituents is 1. The van der Waals surface area contributed by atoms with Crippen molar-refractivity contribution in [2.45, 2.75) is 6.92 Å². The van der Waals surface area contributed by atoms with Crippen LogP contribution in [0.2, 0.25) is 0 Å². The Kier molecular flexibility index (Phi) is 4.52. The maximum absolute atomic E-state index is 13.4. The lowest BCUT2D eigenvalue weighted by atomic mass is 10.0. The summed E-state index contributed by atoms with van der Waals surface area (Å²) in [7, 11) is 1.71. The molecule has 5 rings (SSSR count). The van der Waals surface area contributed by atoms with Gasteiger partial charge in [0, 0.05) is 30.3 Å². The van der Waals surface area contributed by atoms with Crippen LogP contribution in [-0.4, -0.2) is 9.49 Å². The summed E-state index contributed by atoms with van der Waals surface area (Å²) in [6, 6.07) is 21.5. The van der Waals surface area contributed by atoms with Gasteiger partial charge in [-0.2, -0.15) is 0 Å². The molecule has 0 aliphatic carbocycles. The number of rotatable bonds is 4. The molecule has 0 spiro atoms. The lowest BCUT2D eigenvalue weighted by Gasteiger charge is -2.09. The van der Waals surface area contributed by atoms with Gasteiger partial charge in [0.2, 0.25) is 5.88 Å². The van der Waals surface area contributed by atoms with Gasteiger partial charge in [0.1, 0.15) is 0 Å². The van der Waals surface area contributed by atoms with E-state index in [4.69, 9.17) is 4.42 Å². The van der Waals surface area contributed by atoms with Crippen LogP contribution in [0.15, 0.2) is 82.0 Å². The SMILES string of the molecule is Cc1ccccc1Nc1oc2c(c1-c1cccc([N+](=O)[O-])c1)c(=O)n(C)c1ccccc21. The summed E-state index contributed by atoms with van der Waals surface area (Å²) >= 11 is 0. The second kappa shape index (κ2) is 7.39. The van der Waals surface area contributed by atoms with E-state index in [1.807, 2.05) is 55.5 Å². The molecule has 5 aromatic rings. The number of non-ortho nitro benzene ring substituents is 1. The van der Waals surface area contributed by atoms with E-state index < -0.39 is 4.92 Å². The Balaban J connectivity index is 1.89. The number of furan rings is 1. The summed E-state index contributed by atoms with van der Waals surface area (Å²) in [5.74, 6) is 0.364. The van der Waals surface area contributed by atoms with E-state index in [-0.39, 0.29) is 11.2 Å². The molecule has 7 nitrogen and oxygen atoms in total. The van der Waals surface area contributed by atoms with E-state index in [1.54, 1.807) is 23.7 Å². The lowest BCUT2D eigenvalue weighted by molar-refractivity contribution is -0.384. The third-order valence-electron chi connectivity index (χ3n) is 5.68. The van der Waals surface area contributed by atoms with Crippen LogP contribution < -0.4 is 10.9 Å². The van der Waals surface area contributed by atoms with Crippen LogP contribution in [0.4, 0.5) is 17.3 Å². The van der Waals surface area contributed by atoms with Crippen LogP contribution >= 0.6 is 0 Å². The number of para-hydroxylation sites is 2. The van der Waals surface area contributed by atoms with Gasteiger partial charge in [-0.15, -0.1) is 0 Å². The number of anilines is 2. The molecule has 2 aromatic heterocycles. The molecule has 158 valence electrons. The number of aromatic nitrogens is 1. The van der Waals surface area contributed by atoms with Gasteiger partial charge < -0.3 is 14.3 Å². The number of benzene rings is 3. The first-order valence-electron chi connectivity index (χ1n) is 10.1. The van der Waals surface area contributed by atoms with Crippen molar-refractivity contribution in [2.24, 2.45) is 7.05 Å². The topological polar surface area (TPSA) is 90.3 Å². The van der Waals surface area contributed by atoms with Crippen molar-refractivity contribution in [1.82, 2.24) is 4.57 Å². The summed E-state index contributed by atoms with van der Waals surface area (Å²) in [6.45, 7) is 1.96. The van der Waals surface area contributed by atoms with Crippen molar-refractivity contribution in [3.63, 3.8) is 0 Å². The van der Waals surface area contributed by atoms with Gasteiger partial charge in [0.05, 0.1) is 21.4 Å². The van der Waals surface area contributed by atoms with Gasteiger partial charge in [-0.1, -0.05) is 42.5 Å². The summed E-state index contributed by atoms with van der Waals surface area (Å²) < 4.78 is 7.84. The van der Waals surface area contributed by atoms with E-state index in [0.717, 1.165) is 22.2 Å². The van der Waals surface area contributed by atoms with Gasteiger partial charge in [-0.3, -0.25) is 14.9 Å². The number of fused-ring (bicyclic) bond motifs is 3. The molecule has 0 aliphatic heterocycles. The van der Waals surface area contributed by atoms with Crippen molar-refractivity contribution >= 4 is 39.1 Å². The molecule has 0 saturated heterocycles. The lowest BCUT2D eigenvalue weighted by Crippen LogP contribution is -2.17. The monoisotopic (exact) mass is 425 g/mol. The molecule has 0 saturated carbocycles. The molecule has 1 N–H and O–H groups in total. The van der Waals surface area contributed by atoms with Crippen LogP contribution in [0.3, 0.4) is 0 Å². The summed E-state index contributed by atoms with van der Waals surface area (Å²) in [5, 5.41) is 15.9. The van der Waals surface area contributed by atoms with Gasteiger partial charge in [-0.25, -0.2) is 0 Å². The van der Waals surface area contributed by atoms with Crippen LogP contribution in [0, 0.1) is 17.0 Å². The van der Waals surface area contributed by atoms with Crippen molar-refractivity contribution in [3.8, 4) is 11.1 Å². The zero-order valence-corrected chi connectivity index (χ0v) is 17.5. The molecule has 7 heteroatoms. The largest absolute Gasteiger partial charge is 0.439 e. The highest BCUT2D eigenvalue weighted by Gasteiger charge is 2.24. The molecular formula is C25H19N3O4. The smallest absolute Gasteiger partial charge is 0.270 e. The standard InChI is InChI=1S/C25H19N3O4/c1-15-8-3-5-12-19(15)26-24-21(16-9-7-10-17(14-16)28(30)31)22-23(32-24)18-11-4-6-13-20(18)27(2)25(22)29/h3-14,26H,1-2H3. The Labute approximate surface area is 182 Å². The van der Waals surface area contributed by atoms with Gasteiger partial charge >= 0.3 is 0 Å². The van der Waals surface area contributed by atoms with E-state index in [1.165, 1.54) is 12.1 Å². The second-order valence-electron chi connectivity index (χ2n) is 7.64. The van der Waals surface area contributed by atoms with Crippen LogP contribution in [0.1, 0.15) is 5.56 Å². The molecule has 32 heavy (non-hydrogen) atoms. The van der Waals surface area contributed by atoms with Crippen LogP contribution in [0.5, 0.6) is 0 Å². The van der Waals surface area contributed by atoms with Crippen LogP contribution in [-0.2, 0) is 7.05 Å². The molecule has 0 bridgehead atoms. The zero-order chi connectivity index (χ0) is 22.4. The maximum atomic E-state index is 13.4. The number of nitrogens with zero attached hydrogens (tertiary/aromatic N) is 2. The fourth-order valence-corrected chi connectivity index (χ4v) is 4.03. The van der Waals surface area contributed by atoms with Crippen molar-refractivity contribution in [3.05, 3.63) is 98.8 Å². The predicted molar refractivity (Wildman–Crippen MR) is 126 cm³/mol. The van der Waals surface area contributed by atoms with Crippen LogP contribution in [0.25, 0.3) is 33.0 Å². The molecule has 0 unspecified atom stereocenters. The highest BCUT2D eigenvalue weighted by molar-refractivity contribution is 6.11. The number of nitro groups is 1. The first kappa shape index (κ1) is 19.6. The summed E-state index contributed by atoms with van der Waals surface area (Å²) in [5.41, 5.74) is 3.74. The first-order valence-corrected chi connectivity index (χ1v) is 10.1. The Hall–Kier alpha value is -4.39. The second-order valence-corrected chi connectivity index (χ2v) is 7.64. The number of hydrogen-bond acceptors (Lipinski definition) is 5. The zero-order valence-electron chi connectivity index (χ0n) is 17.5. The maximum Gasteiger partial charge on any atom is 0.270 e. The number of hydrogen-bond donors (Lipinski definition) is 1. The average molecular weight is 425 g/mol. The van der Waals surface area contributed by atoms with Crippen molar-refractivity contribution in [1.29, 1.82) is 0 Å². The minimum Gasteiger partial charge on any atom is -0.439 e. The van der Waals surface area contributed by atoms with Crippen molar-refractivity contribution in [2.75, 3.05) is 5.32 Å². The highest BCUT2D eigenvalue weighted by Crippen LogP contribution is 2.41.